The van der Waals surface area contributed by atoms with E-state index in [9.17, 15) is 4.79 Å². The fraction of sp³-hybridized carbons (Fsp3) is 0.214. The zero-order chi connectivity index (χ0) is 15.2. The van der Waals surface area contributed by atoms with E-state index in [0.29, 0.717) is 23.7 Å². The lowest BCUT2D eigenvalue weighted by atomic mass is 10.3. The summed E-state index contributed by atoms with van der Waals surface area (Å²) in [5.41, 5.74) is 6.49. The van der Waals surface area contributed by atoms with E-state index in [0.717, 1.165) is 0 Å². The first-order chi connectivity index (χ1) is 10.1. The quantitative estimate of drug-likeness (QED) is 0.811. The zero-order valence-electron chi connectivity index (χ0n) is 11.8. The molecule has 7 nitrogen and oxygen atoms in total. The molecule has 1 amide bonds. The van der Waals surface area contributed by atoms with Gasteiger partial charge in [0.25, 0.3) is 5.91 Å². The van der Waals surface area contributed by atoms with Crippen molar-refractivity contribution in [2.75, 3.05) is 19.4 Å². The van der Waals surface area contributed by atoms with Gasteiger partial charge in [-0.25, -0.2) is 0 Å². The standard InChI is InChI=1S/C14H16N4O3/c1-3-16-14(19)11-6-7-13(18-17-11)21-12-8-9(20-2)4-5-10(12)15/h4-8H,3,15H2,1-2H3,(H,16,19). The average molecular weight is 288 g/mol. The van der Waals surface area contributed by atoms with Crippen LogP contribution in [0.2, 0.25) is 0 Å². The van der Waals surface area contributed by atoms with Crippen molar-refractivity contribution < 1.29 is 14.3 Å². The molecule has 0 spiro atoms. The van der Waals surface area contributed by atoms with Crippen LogP contribution in [0, 0.1) is 0 Å². The van der Waals surface area contributed by atoms with Gasteiger partial charge in [0.05, 0.1) is 12.8 Å². The van der Waals surface area contributed by atoms with E-state index in [1.165, 1.54) is 6.07 Å². The van der Waals surface area contributed by atoms with Crippen LogP contribution in [0.5, 0.6) is 17.4 Å². The second-order valence-electron chi connectivity index (χ2n) is 4.12. The first-order valence-electron chi connectivity index (χ1n) is 6.37. The maximum absolute atomic E-state index is 11.6. The minimum absolute atomic E-state index is 0.225. The highest BCUT2D eigenvalue weighted by Crippen LogP contribution is 2.30. The number of carbonyl (C=O) groups excluding carboxylic acids is 1. The number of benzene rings is 1. The number of aromatic nitrogens is 2. The highest BCUT2D eigenvalue weighted by atomic mass is 16.5. The lowest BCUT2D eigenvalue weighted by Gasteiger charge is -2.09. The summed E-state index contributed by atoms with van der Waals surface area (Å²) in [6, 6.07) is 8.13. The number of nitrogen functional groups attached to an aromatic ring is 1. The SMILES string of the molecule is CCNC(=O)c1ccc(Oc2cc(OC)ccc2N)nn1. The Morgan fingerprint density at radius 2 is 2.10 bits per heavy atom. The first kappa shape index (κ1) is 14.6. The van der Waals surface area contributed by atoms with Gasteiger partial charge in [-0.1, -0.05) is 0 Å². The molecule has 0 saturated carbocycles. The molecular weight excluding hydrogens is 272 g/mol. The van der Waals surface area contributed by atoms with Crippen LogP contribution in [-0.2, 0) is 0 Å². The Kier molecular flexibility index (Phi) is 4.55. The van der Waals surface area contributed by atoms with Crippen molar-refractivity contribution in [2.45, 2.75) is 6.92 Å². The van der Waals surface area contributed by atoms with E-state index in [-0.39, 0.29) is 17.5 Å². The summed E-state index contributed by atoms with van der Waals surface area (Å²) < 4.78 is 10.6. The number of ether oxygens (including phenoxy) is 2. The number of rotatable bonds is 5. The summed E-state index contributed by atoms with van der Waals surface area (Å²) in [6.45, 7) is 2.35. The molecule has 0 radical (unpaired) electrons. The molecule has 7 heteroatoms. The van der Waals surface area contributed by atoms with E-state index in [4.69, 9.17) is 15.2 Å². The Labute approximate surface area is 122 Å². The Hall–Kier alpha value is -2.83. The van der Waals surface area contributed by atoms with Crippen molar-refractivity contribution in [3.05, 3.63) is 36.0 Å². The average Bonchev–Trinajstić information content (AvgIpc) is 2.50. The number of nitrogens with two attached hydrogens (primary N) is 1. The largest absolute Gasteiger partial charge is 0.497 e. The maximum atomic E-state index is 11.6. The molecule has 0 saturated heterocycles. The van der Waals surface area contributed by atoms with Crippen LogP contribution in [0.4, 0.5) is 5.69 Å². The molecule has 0 atom stereocenters. The maximum Gasteiger partial charge on any atom is 0.271 e. The molecular formula is C14H16N4O3. The molecule has 21 heavy (non-hydrogen) atoms. The Bertz CT molecular complexity index is 629. The van der Waals surface area contributed by atoms with Crippen molar-refractivity contribution in [2.24, 2.45) is 0 Å². The fourth-order valence-electron chi connectivity index (χ4n) is 1.59. The molecule has 1 heterocycles. The number of amides is 1. The second-order valence-corrected chi connectivity index (χ2v) is 4.12. The number of carbonyl (C=O) groups is 1. The normalized spacial score (nSPS) is 10.0. The summed E-state index contributed by atoms with van der Waals surface area (Å²) in [5, 5.41) is 10.3. The molecule has 2 aromatic rings. The number of methoxy groups -OCH3 is 1. The number of nitrogens with zero attached hydrogens (tertiary/aromatic N) is 2. The van der Waals surface area contributed by atoms with Crippen molar-refractivity contribution in [1.29, 1.82) is 0 Å². The third-order valence-electron chi connectivity index (χ3n) is 2.65. The Morgan fingerprint density at radius 3 is 2.71 bits per heavy atom. The minimum Gasteiger partial charge on any atom is -0.497 e. The molecule has 0 unspecified atom stereocenters. The van der Waals surface area contributed by atoms with Crippen LogP contribution in [0.1, 0.15) is 17.4 Å². The van der Waals surface area contributed by atoms with Crippen molar-refractivity contribution >= 4 is 11.6 Å². The molecule has 2 rings (SSSR count). The molecule has 0 aliphatic rings. The van der Waals surface area contributed by atoms with E-state index < -0.39 is 0 Å². The second kappa shape index (κ2) is 6.56. The zero-order valence-corrected chi connectivity index (χ0v) is 11.8. The number of hydrogen-bond acceptors (Lipinski definition) is 6. The Morgan fingerprint density at radius 1 is 1.29 bits per heavy atom. The van der Waals surface area contributed by atoms with Crippen LogP contribution in [-0.4, -0.2) is 29.8 Å². The predicted molar refractivity (Wildman–Crippen MR) is 77.5 cm³/mol. The van der Waals surface area contributed by atoms with Crippen molar-refractivity contribution in [3.63, 3.8) is 0 Å². The van der Waals surface area contributed by atoms with Gasteiger partial charge < -0.3 is 20.5 Å². The van der Waals surface area contributed by atoms with Gasteiger partial charge in [-0.05, 0) is 25.1 Å². The lowest BCUT2D eigenvalue weighted by Crippen LogP contribution is -2.23. The highest BCUT2D eigenvalue weighted by molar-refractivity contribution is 5.91. The topological polar surface area (TPSA) is 99.4 Å². The van der Waals surface area contributed by atoms with E-state index in [2.05, 4.69) is 15.5 Å². The summed E-state index contributed by atoms with van der Waals surface area (Å²) in [7, 11) is 1.55. The van der Waals surface area contributed by atoms with E-state index in [1.54, 1.807) is 31.4 Å². The number of anilines is 1. The van der Waals surface area contributed by atoms with Crippen LogP contribution >= 0.6 is 0 Å². The van der Waals surface area contributed by atoms with Gasteiger partial charge in [-0.3, -0.25) is 4.79 Å². The molecule has 0 bridgehead atoms. The predicted octanol–water partition coefficient (Wildman–Crippen LogP) is 1.61. The van der Waals surface area contributed by atoms with Gasteiger partial charge in [-0.2, -0.15) is 0 Å². The van der Waals surface area contributed by atoms with Crippen LogP contribution < -0.4 is 20.5 Å². The molecule has 3 N–H and O–H groups in total. The fourth-order valence-corrected chi connectivity index (χ4v) is 1.59. The molecule has 0 fully saturated rings. The van der Waals surface area contributed by atoms with Crippen LogP contribution in [0.15, 0.2) is 30.3 Å². The third-order valence-corrected chi connectivity index (χ3v) is 2.65. The summed E-state index contributed by atoms with van der Waals surface area (Å²) in [5.74, 6) is 0.987. The summed E-state index contributed by atoms with van der Waals surface area (Å²) in [6.07, 6.45) is 0. The van der Waals surface area contributed by atoms with Crippen molar-refractivity contribution in [1.82, 2.24) is 15.5 Å². The van der Waals surface area contributed by atoms with E-state index >= 15 is 0 Å². The third kappa shape index (κ3) is 3.59. The van der Waals surface area contributed by atoms with Crippen LogP contribution in [0.3, 0.4) is 0 Å². The lowest BCUT2D eigenvalue weighted by molar-refractivity contribution is 0.0949. The Balaban J connectivity index is 2.15. The molecule has 0 aliphatic carbocycles. The van der Waals surface area contributed by atoms with Gasteiger partial charge in [0.1, 0.15) is 5.75 Å². The molecule has 0 aliphatic heterocycles. The summed E-state index contributed by atoms with van der Waals surface area (Å²) >= 11 is 0. The van der Waals surface area contributed by atoms with Crippen molar-refractivity contribution in [3.8, 4) is 17.4 Å². The summed E-state index contributed by atoms with van der Waals surface area (Å²) in [4.78, 5) is 11.6. The molecule has 1 aromatic heterocycles. The van der Waals surface area contributed by atoms with Gasteiger partial charge in [0.15, 0.2) is 11.4 Å². The monoisotopic (exact) mass is 288 g/mol. The van der Waals surface area contributed by atoms with E-state index in [1.807, 2.05) is 6.92 Å². The van der Waals surface area contributed by atoms with Gasteiger partial charge in [0.2, 0.25) is 5.88 Å². The number of nitrogens with one attached hydrogen (secondary N) is 1. The molecule has 1 aromatic carbocycles. The van der Waals surface area contributed by atoms with Gasteiger partial charge in [0, 0.05) is 18.7 Å². The molecule has 110 valence electrons. The smallest absolute Gasteiger partial charge is 0.271 e. The van der Waals surface area contributed by atoms with Gasteiger partial charge in [-0.15, -0.1) is 10.2 Å². The number of hydrogen-bond donors (Lipinski definition) is 2. The van der Waals surface area contributed by atoms with Gasteiger partial charge >= 0.3 is 0 Å². The minimum atomic E-state index is -0.280. The van der Waals surface area contributed by atoms with Crippen LogP contribution in [0.25, 0.3) is 0 Å². The highest BCUT2D eigenvalue weighted by Gasteiger charge is 2.09. The first-order valence-corrected chi connectivity index (χ1v) is 6.37.